The number of nitrogens with one attached hydrogen (secondary N) is 1. The molecule has 0 aromatic heterocycles. The smallest absolute Gasteiger partial charge is 0.304 e. The Bertz CT molecular complexity index is 389. The van der Waals surface area contributed by atoms with Crippen LogP contribution in [-0.2, 0) is 6.42 Å². The van der Waals surface area contributed by atoms with Gasteiger partial charge in [0, 0.05) is 0 Å². The Morgan fingerprint density at radius 2 is 1.89 bits per heavy atom. The lowest BCUT2D eigenvalue weighted by Gasteiger charge is -2.33. The van der Waals surface area contributed by atoms with Crippen molar-refractivity contribution in [1.82, 2.24) is 5.32 Å². The molecule has 0 aliphatic rings. The maximum absolute atomic E-state index is 13.1. The molecule has 0 bridgehead atoms. The molecule has 1 unspecified atom stereocenters. The number of halogens is 4. The van der Waals surface area contributed by atoms with Gasteiger partial charge in [-0.3, -0.25) is 0 Å². The molecule has 0 fully saturated rings. The standard InChI is InChI=1S/C13H17F4N/c1-3-7-18-12(2,13(15,16)17)9-10-5-4-6-11(14)8-10/h4-6,8,18H,3,7,9H2,1-2H3. The van der Waals surface area contributed by atoms with Crippen LogP contribution in [0.2, 0.25) is 0 Å². The molecule has 0 heterocycles. The third-order valence-electron chi connectivity index (χ3n) is 2.84. The molecule has 0 spiro atoms. The van der Waals surface area contributed by atoms with Crippen molar-refractivity contribution in [1.29, 1.82) is 0 Å². The van der Waals surface area contributed by atoms with E-state index in [1.165, 1.54) is 18.2 Å². The molecule has 0 aliphatic heterocycles. The molecule has 5 heteroatoms. The van der Waals surface area contributed by atoms with Gasteiger partial charge in [-0.1, -0.05) is 19.1 Å². The molecule has 0 amide bonds. The van der Waals surface area contributed by atoms with Gasteiger partial charge in [0.15, 0.2) is 0 Å². The summed E-state index contributed by atoms with van der Waals surface area (Å²) in [6, 6.07) is 5.27. The van der Waals surface area contributed by atoms with Gasteiger partial charge < -0.3 is 5.32 Å². The maximum atomic E-state index is 13.1. The summed E-state index contributed by atoms with van der Waals surface area (Å²) in [5.74, 6) is -0.521. The molecule has 0 saturated heterocycles. The Labute approximate surface area is 104 Å². The minimum atomic E-state index is -4.38. The number of rotatable bonds is 5. The Balaban J connectivity index is 2.91. The van der Waals surface area contributed by atoms with Crippen molar-refractivity contribution in [3.63, 3.8) is 0 Å². The lowest BCUT2D eigenvalue weighted by Crippen LogP contribution is -2.56. The number of hydrogen-bond donors (Lipinski definition) is 1. The van der Waals surface area contributed by atoms with Crippen LogP contribution >= 0.6 is 0 Å². The monoisotopic (exact) mass is 263 g/mol. The third-order valence-corrected chi connectivity index (χ3v) is 2.84. The van der Waals surface area contributed by atoms with Crippen LogP contribution < -0.4 is 5.32 Å². The highest BCUT2D eigenvalue weighted by Gasteiger charge is 2.50. The molecule has 1 nitrogen and oxygen atoms in total. The van der Waals surface area contributed by atoms with E-state index >= 15 is 0 Å². The predicted octanol–water partition coefficient (Wildman–Crippen LogP) is 3.69. The molecular weight excluding hydrogens is 246 g/mol. The average Bonchev–Trinajstić information content (AvgIpc) is 2.25. The van der Waals surface area contributed by atoms with Crippen LogP contribution in [0.5, 0.6) is 0 Å². The van der Waals surface area contributed by atoms with Gasteiger partial charge in [0.05, 0.1) is 0 Å². The molecule has 0 radical (unpaired) electrons. The molecule has 1 rings (SSSR count). The zero-order valence-electron chi connectivity index (χ0n) is 10.4. The second-order valence-electron chi connectivity index (χ2n) is 4.56. The van der Waals surface area contributed by atoms with Gasteiger partial charge in [-0.2, -0.15) is 13.2 Å². The van der Waals surface area contributed by atoms with E-state index in [2.05, 4.69) is 5.32 Å². The Kier molecular flexibility index (Phi) is 4.73. The van der Waals surface area contributed by atoms with Crippen LogP contribution in [0.4, 0.5) is 17.6 Å². The largest absolute Gasteiger partial charge is 0.406 e. The number of benzene rings is 1. The van der Waals surface area contributed by atoms with E-state index in [4.69, 9.17) is 0 Å². The maximum Gasteiger partial charge on any atom is 0.406 e. The molecular formula is C13H17F4N. The van der Waals surface area contributed by atoms with Gasteiger partial charge in [0.1, 0.15) is 11.4 Å². The molecule has 1 aromatic carbocycles. The Morgan fingerprint density at radius 1 is 1.22 bits per heavy atom. The van der Waals surface area contributed by atoms with Crippen molar-refractivity contribution in [2.45, 2.75) is 38.4 Å². The summed E-state index contributed by atoms with van der Waals surface area (Å²) in [5.41, 5.74) is -1.70. The summed E-state index contributed by atoms with van der Waals surface area (Å²) in [7, 11) is 0. The second-order valence-corrected chi connectivity index (χ2v) is 4.56. The lowest BCUT2D eigenvalue weighted by atomic mass is 9.92. The first-order valence-electron chi connectivity index (χ1n) is 5.85. The number of alkyl halides is 3. The second kappa shape index (κ2) is 5.69. The molecule has 0 aliphatic carbocycles. The van der Waals surface area contributed by atoms with E-state index in [1.807, 2.05) is 0 Å². The van der Waals surface area contributed by atoms with Crippen LogP contribution in [0.1, 0.15) is 25.8 Å². The van der Waals surface area contributed by atoms with E-state index in [0.717, 1.165) is 13.0 Å². The summed E-state index contributed by atoms with van der Waals surface area (Å²) < 4.78 is 52.2. The van der Waals surface area contributed by atoms with E-state index in [0.29, 0.717) is 12.0 Å². The van der Waals surface area contributed by atoms with Crippen molar-refractivity contribution >= 4 is 0 Å². The molecule has 102 valence electrons. The van der Waals surface area contributed by atoms with Gasteiger partial charge in [-0.15, -0.1) is 0 Å². The van der Waals surface area contributed by atoms with E-state index in [-0.39, 0.29) is 13.0 Å². The molecule has 0 saturated carbocycles. The summed E-state index contributed by atoms with van der Waals surface area (Å²) in [6.45, 7) is 3.17. The van der Waals surface area contributed by atoms with Gasteiger partial charge in [-0.05, 0) is 44.0 Å². The average molecular weight is 263 g/mol. The first kappa shape index (κ1) is 15.0. The van der Waals surface area contributed by atoms with Crippen LogP contribution in [0.3, 0.4) is 0 Å². The van der Waals surface area contributed by atoms with Gasteiger partial charge in [0.25, 0.3) is 0 Å². The Hall–Kier alpha value is -1.10. The third kappa shape index (κ3) is 3.70. The summed E-state index contributed by atoms with van der Waals surface area (Å²) in [4.78, 5) is 0. The van der Waals surface area contributed by atoms with Crippen molar-refractivity contribution in [3.8, 4) is 0 Å². The highest BCUT2D eigenvalue weighted by atomic mass is 19.4. The van der Waals surface area contributed by atoms with Crippen LogP contribution in [0.25, 0.3) is 0 Å². The normalized spacial score (nSPS) is 15.4. The Morgan fingerprint density at radius 3 is 2.39 bits per heavy atom. The number of hydrogen-bond acceptors (Lipinski definition) is 1. The summed E-state index contributed by atoms with van der Waals surface area (Å²) >= 11 is 0. The van der Waals surface area contributed by atoms with Gasteiger partial charge in [-0.25, -0.2) is 4.39 Å². The fourth-order valence-electron chi connectivity index (χ4n) is 1.72. The molecule has 18 heavy (non-hydrogen) atoms. The predicted molar refractivity (Wildman–Crippen MR) is 62.9 cm³/mol. The van der Waals surface area contributed by atoms with Crippen LogP contribution in [0, 0.1) is 5.82 Å². The minimum Gasteiger partial charge on any atom is -0.304 e. The minimum absolute atomic E-state index is 0.269. The first-order chi connectivity index (χ1) is 8.28. The fourth-order valence-corrected chi connectivity index (χ4v) is 1.72. The summed E-state index contributed by atoms with van der Waals surface area (Å²) in [5, 5.41) is 2.51. The SMILES string of the molecule is CCCNC(C)(Cc1cccc(F)c1)C(F)(F)F. The highest BCUT2D eigenvalue weighted by Crippen LogP contribution is 2.33. The topological polar surface area (TPSA) is 12.0 Å². The van der Waals surface area contributed by atoms with Crippen molar-refractivity contribution in [3.05, 3.63) is 35.6 Å². The summed E-state index contributed by atoms with van der Waals surface area (Å²) in [6.07, 6.45) is -4.06. The quantitative estimate of drug-likeness (QED) is 0.799. The zero-order valence-corrected chi connectivity index (χ0v) is 10.4. The van der Waals surface area contributed by atoms with E-state index in [1.54, 1.807) is 6.92 Å². The van der Waals surface area contributed by atoms with E-state index < -0.39 is 17.5 Å². The lowest BCUT2D eigenvalue weighted by molar-refractivity contribution is -0.191. The van der Waals surface area contributed by atoms with Crippen LogP contribution in [-0.4, -0.2) is 18.3 Å². The molecule has 1 aromatic rings. The van der Waals surface area contributed by atoms with Crippen molar-refractivity contribution in [2.24, 2.45) is 0 Å². The van der Waals surface area contributed by atoms with Crippen molar-refractivity contribution in [2.75, 3.05) is 6.54 Å². The highest BCUT2D eigenvalue weighted by molar-refractivity contribution is 5.19. The molecule has 1 N–H and O–H groups in total. The van der Waals surface area contributed by atoms with Gasteiger partial charge in [0.2, 0.25) is 0 Å². The fraction of sp³-hybridized carbons (Fsp3) is 0.538. The van der Waals surface area contributed by atoms with Gasteiger partial charge >= 0.3 is 6.18 Å². The van der Waals surface area contributed by atoms with Crippen molar-refractivity contribution < 1.29 is 17.6 Å². The molecule has 1 atom stereocenters. The zero-order chi connectivity index (χ0) is 13.8. The van der Waals surface area contributed by atoms with Crippen LogP contribution in [0.15, 0.2) is 24.3 Å². The first-order valence-corrected chi connectivity index (χ1v) is 5.85. The van der Waals surface area contributed by atoms with E-state index in [9.17, 15) is 17.6 Å².